The van der Waals surface area contributed by atoms with Gasteiger partial charge in [0.15, 0.2) is 30.4 Å². The molecule has 3 aliphatic rings. The number of likely N-dealkylation sites (tertiary alicyclic amines) is 1. The van der Waals surface area contributed by atoms with Gasteiger partial charge in [0, 0.05) is 64.3 Å². The molecule has 16 heteroatoms. The first kappa shape index (κ1) is 29.9. The maximum absolute atomic E-state index is 13.6. The molecule has 3 aromatic heterocycles. The topological polar surface area (TPSA) is 187 Å². The van der Waals surface area contributed by atoms with Crippen molar-refractivity contribution in [2.75, 3.05) is 13.7 Å². The molecule has 0 radical (unpaired) electrons. The van der Waals surface area contributed by atoms with Crippen LogP contribution in [0.15, 0.2) is 30.7 Å². The highest BCUT2D eigenvalue weighted by atomic mass is 16.7. The SMILES string of the molecule is CC(=O)OC[C@H]1O[C@@H](n2c3c(c4cccnc42)C2C(=O)N(C)C(=O)C2n2ccnc2-3)[C@H](OC(C)=O)[C@@H](OC(C)=O)[C@@H]1OC(C)=O. The van der Waals surface area contributed by atoms with Gasteiger partial charge in [-0.2, -0.15) is 0 Å². The van der Waals surface area contributed by atoms with Crippen LogP contribution in [0.5, 0.6) is 0 Å². The molecular formula is C29H29N5O11. The van der Waals surface area contributed by atoms with E-state index in [1.165, 1.54) is 26.4 Å². The van der Waals surface area contributed by atoms with Gasteiger partial charge in [-0.25, -0.2) is 9.97 Å². The van der Waals surface area contributed by atoms with Crippen LogP contribution >= 0.6 is 0 Å². The predicted octanol–water partition coefficient (Wildman–Crippen LogP) is 0.792. The lowest BCUT2D eigenvalue weighted by Crippen LogP contribution is -2.60. The second kappa shape index (κ2) is 11.1. The van der Waals surface area contributed by atoms with E-state index < -0.39 is 84.9 Å². The fraction of sp³-hybridized carbons (Fsp3) is 0.448. The number of carbonyl (C=O) groups is 6. The third-order valence-electron chi connectivity index (χ3n) is 8.01. The number of imidazole rings is 1. The Labute approximate surface area is 255 Å². The summed E-state index contributed by atoms with van der Waals surface area (Å²) in [6.07, 6.45) is -2.27. The van der Waals surface area contributed by atoms with E-state index in [4.69, 9.17) is 23.7 Å². The van der Waals surface area contributed by atoms with Gasteiger partial charge in [-0.05, 0) is 12.1 Å². The van der Waals surface area contributed by atoms with E-state index in [0.29, 0.717) is 22.5 Å². The number of imide groups is 1. The Hall–Kier alpha value is -5.12. The number of likely N-dealkylation sites (N-methyl/N-ethyl adjacent to an activating group) is 1. The molecule has 0 aliphatic carbocycles. The number of carbonyl (C=O) groups excluding carboxylic acids is 6. The molecule has 6 rings (SSSR count). The number of hydrogen-bond donors (Lipinski definition) is 0. The molecule has 2 saturated heterocycles. The summed E-state index contributed by atoms with van der Waals surface area (Å²) in [7, 11) is 1.41. The van der Waals surface area contributed by atoms with E-state index in [0.717, 1.165) is 25.7 Å². The normalized spacial score (nSPS) is 27.0. The molecule has 0 saturated carbocycles. The highest BCUT2D eigenvalue weighted by Crippen LogP contribution is 2.52. The highest BCUT2D eigenvalue weighted by molar-refractivity contribution is 6.12. The van der Waals surface area contributed by atoms with Crippen molar-refractivity contribution in [1.82, 2.24) is 24.0 Å². The van der Waals surface area contributed by atoms with Gasteiger partial charge in [-0.3, -0.25) is 38.2 Å². The maximum atomic E-state index is 13.6. The summed E-state index contributed by atoms with van der Waals surface area (Å²) in [6, 6.07) is 2.50. The Morgan fingerprint density at radius 3 is 2.20 bits per heavy atom. The fourth-order valence-corrected chi connectivity index (χ4v) is 6.44. The molecule has 0 aromatic carbocycles. The minimum Gasteiger partial charge on any atom is -0.463 e. The number of esters is 4. The summed E-state index contributed by atoms with van der Waals surface area (Å²) < 4.78 is 31.7. The number of fused-ring (bicyclic) bond motifs is 8. The third kappa shape index (κ3) is 4.81. The van der Waals surface area contributed by atoms with Gasteiger partial charge in [0.2, 0.25) is 5.91 Å². The number of aromatic nitrogens is 4. The van der Waals surface area contributed by atoms with Crippen molar-refractivity contribution < 1.29 is 52.5 Å². The summed E-state index contributed by atoms with van der Waals surface area (Å²) in [5, 5.41) is 0.501. The first-order valence-electron chi connectivity index (χ1n) is 14.0. The monoisotopic (exact) mass is 623 g/mol. The molecule has 6 heterocycles. The lowest BCUT2D eigenvalue weighted by molar-refractivity contribution is -0.267. The van der Waals surface area contributed by atoms with Crippen LogP contribution in [0.25, 0.3) is 22.6 Å². The molecule has 2 fully saturated rings. The van der Waals surface area contributed by atoms with Crippen LogP contribution in [0, 0.1) is 0 Å². The molecule has 2 unspecified atom stereocenters. The van der Waals surface area contributed by atoms with Crippen LogP contribution < -0.4 is 0 Å². The van der Waals surface area contributed by atoms with Gasteiger partial charge in [0.1, 0.15) is 24.4 Å². The molecule has 7 atom stereocenters. The number of nitrogens with zero attached hydrogens (tertiary/aromatic N) is 5. The third-order valence-corrected chi connectivity index (χ3v) is 8.01. The van der Waals surface area contributed by atoms with Crippen LogP contribution in [0.3, 0.4) is 0 Å². The van der Waals surface area contributed by atoms with Crippen molar-refractivity contribution in [2.45, 2.75) is 70.3 Å². The lowest BCUT2D eigenvalue weighted by atomic mass is 9.88. The Morgan fingerprint density at radius 1 is 0.867 bits per heavy atom. The van der Waals surface area contributed by atoms with Gasteiger partial charge in [0.05, 0.1) is 11.6 Å². The molecule has 0 bridgehead atoms. The van der Waals surface area contributed by atoms with Crippen molar-refractivity contribution >= 4 is 46.7 Å². The van der Waals surface area contributed by atoms with Crippen molar-refractivity contribution in [3.8, 4) is 11.5 Å². The molecule has 45 heavy (non-hydrogen) atoms. The van der Waals surface area contributed by atoms with Crippen LogP contribution in [0.2, 0.25) is 0 Å². The van der Waals surface area contributed by atoms with Crippen molar-refractivity contribution in [2.24, 2.45) is 0 Å². The average Bonchev–Trinajstić information content (AvgIpc) is 3.64. The molecular weight excluding hydrogens is 594 g/mol. The number of amides is 2. The summed E-state index contributed by atoms with van der Waals surface area (Å²) in [6.45, 7) is 4.16. The van der Waals surface area contributed by atoms with Crippen LogP contribution in [-0.2, 0) is 52.5 Å². The Balaban J connectivity index is 1.62. The Kier molecular flexibility index (Phi) is 7.39. The van der Waals surface area contributed by atoms with Gasteiger partial charge in [0.25, 0.3) is 5.91 Å². The van der Waals surface area contributed by atoms with E-state index in [2.05, 4.69) is 9.97 Å². The number of rotatable bonds is 6. The molecule has 0 spiro atoms. The summed E-state index contributed by atoms with van der Waals surface area (Å²) >= 11 is 0. The minimum atomic E-state index is -1.45. The van der Waals surface area contributed by atoms with Gasteiger partial charge < -0.3 is 28.3 Å². The lowest BCUT2D eigenvalue weighted by Gasteiger charge is -2.45. The molecule has 0 N–H and O–H groups in total. The fourth-order valence-electron chi connectivity index (χ4n) is 6.44. The number of ether oxygens (including phenoxy) is 5. The van der Waals surface area contributed by atoms with Gasteiger partial charge in [-0.1, -0.05) is 0 Å². The summed E-state index contributed by atoms with van der Waals surface area (Å²) in [4.78, 5) is 86.0. The molecule has 3 aromatic rings. The smallest absolute Gasteiger partial charge is 0.303 e. The zero-order chi connectivity index (χ0) is 32.3. The second-order valence-corrected chi connectivity index (χ2v) is 10.9. The Bertz CT molecular complexity index is 1760. The Morgan fingerprint density at radius 2 is 1.53 bits per heavy atom. The van der Waals surface area contributed by atoms with E-state index in [1.807, 2.05) is 0 Å². The standard InChI is InChI=1S/C29H29N5O11/c1-12(35)41-11-17-22(42-13(2)36)23(43-14(3)37)24(44-15(4)38)29(45-17)34-20-18(16-7-6-8-30-25(16)34)19-21(28(40)32(5)27(19)39)33-10-9-31-26(20)33/h6-10,17,19,21-24,29H,11H2,1-5H3/t17-,19?,21?,22-,23+,24-,29-/m1/s1. The van der Waals surface area contributed by atoms with Crippen molar-refractivity contribution in [1.29, 1.82) is 0 Å². The number of hydrogen-bond acceptors (Lipinski definition) is 13. The van der Waals surface area contributed by atoms with Crippen LogP contribution in [0.1, 0.15) is 51.4 Å². The zero-order valence-corrected chi connectivity index (χ0v) is 24.9. The van der Waals surface area contributed by atoms with Crippen molar-refractivity contribution in [3.63, 3.8) is 0 Å². The quantitative estimate of drug-likeness (QED) is 0.213. The highest BCUT2D eigenvalue weighted by Gasteiger charge is 2.57. The first-order valence-corrected chi connectivity index (χ1v) is 14.0. The molecule has 3 aliphatic heterocycles. The number of pyridine rings is 1. The largest absolute Gasteiger partial charge is 0.463 e. The molecule has 236 valence electrons. The van der Waals surface area contributed by atoms with E-state index in [-0.39, 0.29) is 5.65 Å². The van der Waals surface area contributed by atoms with E-state index >= 15 is 0 Å². The summed E-state index contributed by atoms with van der Waals surface area (Å²) in [5.74, 6) is -4.47. The van der Waals surface area contributed by atoms with Crippen LogP contribution in [-0.4, -0.2) is 97.8 Å². The van der Waals surface area contributed by atoms with Crippen LogP contribution in [0.4, 0.5) is 0 Å². The summed E-state index contributed by atoms with van der Waals surface area (Å²) in [5.41, 5.74) is 1.07. The van der Waals surface area contributed by atoms with Gasteiger partial charge in [-0.15, -0.1) is 0 Å². The molecule has 16 nitrogen and oxygen atoms in total. The first-order chi connectivity index (χ1) is 21.4. The van der Waals surface area contributed by atoms with Crippen molar-refractivity contribution in [3.05, 3.63) is 36.3 Å². The molecule has 2 amide bonds. The minimum absolute atomic E-state index is 0.272. The van der Waals surface area contributed by atoms with E-state index in [9.17, 15) is 28.8 Å². The zero-order valence-electron chi connectivity index (χ0n) is 24.9. The second-order valence-electron chi connectivity index (χ2n) is 10.9. The van der Waals surface area contributed by atoms with Gasteiger partial charge >= 0.3 is 23.9 Å². The average molecular weight is 624 g/mol. The maximum Gasteiger partial charge on any atom is 0.303 e. The van der Waals surface area contributed by atoms with E-state index in [1.54, 1.807) is 27.5 Å². The predicted molar refractivity (Wildman–Crippen MR) is 148 cm³/mol.